The van der Waals surface area contributed by atoms with Crippen molar-refractivity contribution in [2.24, 2.45) is 0 Å². The van der Waals surface area contributed by atoms with Gasteiger partial charge in [-0.3, -0.25) is 9.59 Å². The van der Waals surface area contributed by atoms with Crippen LogP contribution in [0.5, 0.6) is 0 Å². The van der Waals surface area contributed by atoms with Crippen LogP contribution in [0.25, 0.3) is 0 Å². The largest absolute Gasteiger partial charge is 0.468 e. The van der Waals surface area contributed by atoms with Crippen molar-refractivity contribution < 1.29 is 27.5 Å². The normalized spacial score (nSPS) is 17.1. The quantitative estimate of drug-likeness (QED) is 0.781. The Morgan fingerprint density at radius 1 is 1.35 bits per heavy atom. The molecule has 0 aliphatic carbocycles. The molecule has 1 aliphatic rings. The molecular formula is C16H20F3NO3. The number of amides is 1. The molecule has 23 heavy (non-hydrogen) atoms. The van der Waals surface area contributed by atoms with Crippen molar-refractivity contribution in [3.05, 3.63) is 34.9 Å². The first kappa shape index (κ1) is 19.0. The molecule has 1 unspecified atom stereocenters. The topological polar surface area (TPSA) is 46.6 Å². The third kappa shape index (κ3) is 4.24. The van der Waals surface area contributed by atoms with Gasteiger partial charge in [0.2, 0.25) is 0 Å². The molecule has 0 saturated heterocycles. The second-order valence-corrected chi connectivity index (χ2v) is 4.95. The van der Waals surface area contributed by atoms with E-state index < -0.39 is 37.1 Å². The summed E-state index contributed by atoms with van der Waals surface area (Å²) in [6, 6.07) is 4.32. The molecule has 1 atom stereocenters. The summed E-state index contributed by atoms with van der Waals surface area (Å²) in [6.45, 7) is 4.60. The minimum atomic E-state index is -4.49. The lowest BCUT2D eigenvalue weighted by Gasteiger charge is -2.34. The first-order valence-electron chi connectivity index (χ1n) is 7.27. The fraction of sp³-hybridized carbons (Fsp3) is 0.500. The molecule has 1 aliphatic heterocycles. The molecule has 1 heterocycles. The first-order valence-corrected chi connectivity index (χ1v) is 7.27. The van der Waals surface area contributed by atoms with E-state index in [0.29, 0.717) is 5.56 Å². The van der Waals surface area contributed by atoms with Gasteiger partial charge in [-0.25, -0.2) is 0 Å². The second kappa shape index (κ2) is 7.48. The number of nitrogens with zero attached hydrogens (tertiary/aromatic N) is 1. The molecule has 0 bridgehead atoms. The SMILES string of the molecule is CC.COC(=O)CN1CC(C(F)(F)F)c2cc(C)ccc2C1=O. The van der Waals surface area contributed by atoms with Crippen molar-refractivity contribution >= 4 is 11.9 Å². The molecule has 0 aromatic heterocycles. The van der Waals surface area contributed by atoms with Gasteiger partial charge in [-0.15, -0.1) is 0 Å². The summed E-state index contributed by atoms with van der Waals surface area (Å²) in [5, 5.41) is 0. The standard InChI is InChI=1S/C14H14F3NO3.C2H6/c1-8-3-4-9-10(5-8)11(14(15,16)17)6-18(13(9)20)7-12(19)21-2;1-2/h3-5,11H,6-7H2,1-2H3;1-2H3. The molecule has 1 amide bonds. The Balaban J connectivity index is 0.00000127. The van der Waals surface area contributed by atoms with Crippen LogP contribution >= 0.6 is 0 Å². The summed E-state index contributed by atoms with van der Waals surface area (Å²) in [6.07, 6.45) is -4.49. The van der Waals surface area contributed by atoms with Crippen molar-refractivity contribution in [1.29, 1.82) is 0 Å². The Morgan fingerprint density at radius 3 is 2.48 bits per heavy atom. The van der Waals surface area contributed by atoms with E-state index in [1.165, 1.54) is 12.1 Å². The number of ether oxygens (including phenoxy) is 1. The Morgan fingerprint density at radius 2 is 1.96 bits per heavy atom. The Bertz CT molecular complexity index is 584. The van der Waals surface area contributed by atoms with Gasteiger partial charge in [-0.2, -0.15) is 13.2 Å². The van der Waals surface area contributed by atoms with Gasteiger partial charge >= 0.3 is 12.1 Å². The summed E-state index contributed by atoms with van der Waals surface area (Å²) < 4.78 is 44.1. The third-order valence-electron chi connectivity index (χ3n) is 3.45. The highest BCUT2D eigenvalue weighted by Crippen LogP contribution is 2.40. The minimum Gasteiger partial charge on any atom is -0.468 e. The molecular weight excluding hydrogens is 311 g/mol. The summed E-state index contributed by atoms with van der Waals surface area (Å²) in [7, 11) is 1.12. The summed E-state index contributed by atoms with van der Waals surface area (Å²) in [4.78, 5) is 24.3. The lowest BCUT2D eigenvalue weighted by molar-refractivity contribution is -0.157. The van der Waals surface area contributed by atoms with E-state index in [2.05, 4.69) is 4.74 Å². The zero-order chi connectivity index (χ0) is 17.8. The molecule has 0 spiro atoms. The predicted octanol–water partition coefficient (Wildman–Crippen LogP) is 3.30. The van der Waals surface area contributed by atoms with Gasteiger partial charge in [-0.05, 0) is 18.6 Å². The van der Waals surface area contributed by atoms with Crippen molar-refractivity contribution in [2.45, 2.75) is 32.9 Å². The average Bonchev–Trinajstić information content (AvgIpc) is 2.50. The number of esters is 1. The van der Waals surface area contributed by atoms with Gasteiger partial charge in [0.1, 0.15) is 6.54 Å². The lowest BCUT2D eigenvalue weighted by Crippen LogP contribution is -2.46. The molecule has 0 N–H and O–H groups in total. The average molecular weight is 331 g/mol. The van der Waals surface area contributed by atoms with Crippen LogP contribution in [0.3, 0.4) is 0 Å². The molecule has 1 aromatic carbocycles. The van der Waals surface area contributed by atoms with Crippen LogP contribution < -0.4 is 0 Å². The highest BCUT2D eigenvalue weighted by molar-refractivity contribution is 5.98. The maximum absolute atomic E-state index is 13.2. The zero-order valence-corrected chi connectivity index (χ0v) is 13.5. The van der Waals surface area contributed by atoms with E-state index in [4.69, 9.17) is 0 Å². The summed E-state index contributed by atoms with van der Waals surface area (Å²) >= 11 is 0. The Labute approximate surface area is 133 Å². The number of benzene rings is 1. The summed E-state index contributed by atoms with van der Waals surface area (Å²) in [5.74, 6) is -3.13. The number of methoxy groups -OCH3 is 1. The van der Waals surface area contributed by atoms with Crippen LogP contribution in [0.15, 0.2) is 18.2 Å². The molecule has 128 valence electrons. The smallest absolute Gasteiger partial charge is 0.397 e. The number of halogens is 3. The van der Waals surface area contributed by atoms with Gasteiger partial charge in [0.05, 0.1) is 13.0 Å². The van der Waals surface area contributed by atoms with Crippen LogP contribution in [-0.4, -0.2) is 43.2 Å². The zero-order valence-electron chi connectivity index (χ0n) is 13.5. The maximum atomic E-state index is 13.2. The van der Waals surface area contributed by atoms with Crippen molar-refractivity contribution in [2.75, 3.05) is 20.2 Å². The van der Waals surface area contributed by atoms with Gasteiger partial charge < -0.3 is 9.64 Å². The van der Waals surface area contributed by atoms with E-state index >= 15 is 0 Å². The highest BCUT2D eigenvalue weighted by atomic mass is 19.4. The van der Waals surface area contributed by atoms with Crippen LogP contribution in [0.4, 0.5) is 13.2 Å². The molecule has 4 nitrogen and oxygen atoms in total. The predicted molar refractivity (Wildman–Crippen MR) is 79.2 cm³/mol. The number of aryl methyl sites for hydroxylation is 1. The lowest BCUT2D eigenvalue weighted by atomic mass is 9.87. The fourth-order valence-electron chi connectivity index (χ4n) is 2.37. The first-order chi connectivity index (χ1) is 10.7. The van der Waals surface area contributed by atoms with Crippen molar-refractivity contribution in [1.82, 2.24) is 4.90 Å². The fourth-order valence-corrected chi connectivity index (χ4v) is 2.37. The van der Waals surface area contributed by atoms with E-state index in [-0.39, 0.29) is 11.1 Å². The van der Waals surface area contributed by atoms with E-state index in [1.807, 2.05) is 13.8 Å². The molecule has 2 rings (SSSR count). The van der Waals surface area contributed by atoms with Crippen LogP contribution in [0.1, 0.15) is 41.3 Å². The van der Waals surface area contributed by atoms with Gasteiger partial charge in [0.15, 0.2) is 0 Å². The number of hydrogen-bond donors (Lipinski definition) is 0. The number of rotatable bonds is 2. The van der Waals surface area contributed by atoms with Gasteiger partial charge in [0.25, 0.3) is 5.91 Å². The van der Waals surface area contributed by atoms with Crippen LogP contribution in [0.2, 0.25) is 0 Å². The highest BCUT2D eigenvalue weighted by Gasteiger charge is 2.47. The summed E-state index contributed by atoms with van der Waals surface area (Å²) in [5.41, 5.74) is 0.601. The van der Waals surface area contributed by atoms with Gasteiger partial charge in [-0.1, -0.05) is 31.5 Å². The Kier molecular flexibility index (Phi) is 6.18. The maximum Gasteiger partial charge on any atom is 0.397 e. The van der Waals surface area contributed by atoms with E-state index in [9.17, 15) is 22.8 Å². The Hall–Kier alpha value is -2.05. The number of carbonyl (C=O) groups excluding carboxylic acids is 2. The van der Waals surface area contributed by atoms with Gasteiger partial charge in [0, 0.05) is 12.1 Å². The van der Waals surface area contributed by atoms with Crippen LogP contribution in [0, 0.1) is 6.92 Å². The number of fused-ring (bicyclic) bond motifs is 1. The monoisotopic (exact) mass is 331 g/mol. The van der Waals surface area contributed by atoms with Crippen molar-refractivity contribution in [3.8, 4) is 0 Å². The number of alkyl halides is 3. The number of hydrogen-bond acceptors (Lipinski definition) is 3. The second-order valence-electron chi connectivity index (χ2n) is 4.95. The van der Waals surface area contributed by atoms with Crippen LogP contribution in [-0.2, 0) is 9.53 Å². The van der Waals surface area contributed by atoms with Crippen molar-refractivity contribution in [3.63, 3.8) is 0 Å². The van der Waals surface area contributed by atoms with E-state index in [1.54, 1.807) is 13.0 Å². The third-order valence-corrected chi connectivity index (χ3v) is 3.45. The van der Waals surface area contributed by atoms with E-state index in [0.717, 1.165) is 12.0 Å². The number of carbonyl (C=O) groups is 2. The minimum absolute atomic E-state index is 0.0157. The molecule has 1 aromatic rings. The molecule has 0 radical (unpaired) electrons. The molecule has 7 heteroatoms. The molecule has 0 saturated carbocycles. The molecule has 0 fully saturated rings.